The van der Waals surface area contributed by atoms with E-state index in [1.54, 1.807) is 0 Å². The van der Waals surface area contributed by atoms with Crippen LogP contribution in [0.2, 0.25) is 10.1 Å². The summed E-state index contributed by atoms with van der Waals surface area (Å²) >= 11 is 0. The van der Waals surface area contributed by atoms with Crippen LogP contribution in [-0.4, -0.2) is 36.8 Å². The summed E-state index contributed by atoms with van der Waals surface area (Å²) in [5.41, 5.74) is 0. The van der Waals surface area contributed by atoms with Crippen LogP contribution in [0.25, 0.3) is 0 Å². The molecule has 5 radical (unpaired) electrons. The van der Waals surface area contributed by atoms with E-state index in [0.29, 0.717) is 0 Å². The van der Waals surface area contributed by atoms with Gasteiger partial charge in [-0.1, -0.05) is 36.5 Å². The summed E-state index contributed by atoms with van der Waals surface area (Å²) in [5, 5.41) is 0.146. The van der Waals surface area contributed by atoms with Crippen LogP contribution in [0.5, 0.6) is 0 Å². The monoisotopic (exact) mass is 479 g/mol. The summed E-state index contributed by atoms with van der Waals surface area (Å²) in [6, 6.07) is 0. The van der Waals surface area contributed by atoms with E-state index in [1.807, 2.05) is 24.3 Å². The molecule has 0 aromatic carbocycles. The summed E-state index contributed by atoms with van der Waals surface area (Å²) in [6.07, 6.45) is 15.8. The molecule has 0 aliphatic carbocycles. The summed E-state index contributed by atoms with van der Waals surface area (Å²) in [6.45, 7) is 23.7. The smallest absolute Gasteiger partial charge is 0.0543 e. The van der Waals surface area contributed by atoms with Gasteiger partial charge in [0, 0.05) is 27.3 Å². The van der Waals surface area contributed by atoms with Gasteiger partial charge in [-0.3, -0.25) is 0 Å². The van der Waals surface area contributed by atoms with E-state index in [4.69, 9.17) is 0 Å². The van der Waals surface area contributed by atoms with E-state index in [2.05, 4.69) is 51.6 Å². The Labute approximate surface area is 148 Å². The molecule has 0 spiro atoms. The predicted octanol–water partition coefficient (Wildman–Crippen LogP) is 5.04. The molecule has 20 heavy (non-hydrogen) atoms. The summed E-state index contributed by atoms with van der Waals surface area (Å²) in [7, 11) is 0.0608. The topological polar surface area (TPSA) is 0 Å². The summed E-state index contributed by atoms with van der Waals surface area (Å²) in [5.74, 6) is 0. The van der Waals surface area contributed by atoms with Gasteiger partial charge < -0.3 is 0 Å². The zero-order chi connectivity index (χ0) is 14.8. The predicted molar refractivity (Wildman–Crippen MR) is 97.9 cm³/mol. The van der Waals surface area contributed by atoms with Gasteiger partial charge in [0.25, 0.3) is 0 Å². The molecule has 0 N–H and O–H groups in total. The molecule has 0 unspecified atom stereocenters. The Morgan fingerprint density at radius 2 is 0.850 bits per heavy atom. The number of allylic oxidation sites excluding steroid dienone is 6. The molecule has 0 heterocycles. The van der Waals surface area contributed by atoms with Gasteiger partial charge in [0.15, 0.2) is 0 Å². The SMILES string of the molecule is C=CCC(C=C)(CC=C)[SiH]C(C=C)(CC=C)CC=C.[Pb]. The average molecular weight is 479 g/mol. The molecule has 0 saturated heterocycles. The quantitative estimate of drug-likeness (QED) is 0.272. The van der Waals surface area contributed by atoms with Gasteiger partial charge in [0.2, 0.25) is 0 Å². The first-order valence-corrected chi connectivity index (χ1v) is 7.81. The molecule has 2 heteroatoms. The van der Waals surface area contributed by atoms with Crippen LogP contribution in [0.1, 0.15) is 25.7 Å². The van der Waals surface area contributed by atoms with Crippen molar-refractivity contribution in [2.75, 3.05) is 0 Å². The molecule has 0 aromatic rings. The summed E-state index contributed by atoms with van der Waals surface area (Å²) < 4.78 is 0. The first-order valence-electron chi connectivity index (χ1n) is 6.65. The van der Waals surface area contributed by atoms with Crippen molar-refractivity contribution in [2.45, 2.75) is 35.8 Å². The Balaban J connectivity index is 0. The minimum absolute atomic E-state index is 0. The third-order valence-electron chi connectivity index (χ3n) is 3.49. The standard InChI is InChI=1S/C18H27Si.Pb/c1-7-13-17(11-5,14-8-2)19-18(12-6,15-9-3)16-10-4;/h7-12,19H,1-6,13-16H2;. The van der Waals surface area contributed by atoms with E-state index in [9.17, 15) is 0 Å². The van der Waals surface area contributed by atoms with Gasteiger partial charge in [-0.05, 0) is 35.8 Å². The molecular formula is C18H27PbSi. The molecule has 0 aliphatic rings. The molecule has 0 nitrogen and oxygen atoms in total. The molecule has 0 saturated carbocycles. The average Bonchev–Trinajstić information content (AvgIpc) is 2.39. The van der Waals surface area contributed by atoms with Crippen molar-refractivity contribution in [2.24, 2.45) is 0 Å². The van der Waals surface area contributed by atoms with Gasteiger partial charge in [0.1, 0.15) is 0 Å². The van der Waals surface area contributed by atoms with Crippen molar-refractivity contribution in [3.05, 3.63) is 75.9 Å². The van der Waals surface area contributed by atoms with Crippen LogP contribution in [0.3, 0.4) is 0 Å². The van der Waals surface area contributed by atoms with Crippen LogP contribution in [0.4, 0.5) is 0 Å². The van der Waals surface area contributed by atoms with E-state index >= 15 is 0 Å². The fourth-order valence-electron chi connectivity index (χ4n) is 2.50. The molecular weight excluding hydrogens is 451 g/mol. The Bertz CT molecular complexity index is 300. The maximum Gasteiger partial charge on any atom is 0.0543 e. The number of rotatable bonds is 12. The third-order valence-corrected chi connectivity index (χ3v) is 6.05. The van der Waals surface area contributed by atoms with Gasteiger partial charge >= 0.3 is 0 Å². The van der Waals surface area contributed by atoms with Crippen molar-refractivity contribution < 1.29 is 0 Å². The second-order valence-electron chi connectivity index (χ2n) is 4.99. The second-order valence-corrected chi connectivity index (χ2v) is 7.58. The fourth-order valence-corrected chi connectivity index (χ4v) is 5.02. The Morgan fingerprint density at radius 3 is 1.00 bits per heavy atom. The molecule has 0 atom stereocenters. The van der Waals surface area contributed by atoms with Crippen LogP contribution in [0, 0.1) is 0 Å². The Hall–Kier alpha value is -0.421. The Morgan fingerprint density at radius 1 is 0.600 bits per heavy atom. The molecule has 0 bridgehead atoms. The fraction of sp³-hybridized carbons (Fsp3) is 0.333. The first kappa shape index (κ1) is 21.9. The summed E-state index contributed by atoms with van der Waals surface area (Å²) in [4.78, 5) is 0. The van der Waals surface area contributed by atoms with Crippen molar-refractivity contribution >= 4 is 36.8 Å². The zero-order valence-corrected chi connectivity index (χ0v) is 17.7. The normalized spacial score (nSPS) is 10.8. The first-order chi connectivity index (χ1) is 9.07. The zero-order valence-electron chi connectivity index (χ0n) is 12.6. The van der Waals surface area contributed by atoms with E-state index in [-0.39, 0.29) is 46.9 Å². The van der Waals surface area contributed by atoms with Crippen molar-refractivity contribution in [3.8, 4) is 0 Å². The largest absolute Gasteiger partial charge is 0.103 e. The molecule has 0 amide bonds. The van der Waals surface area contributed by atoms with Crippen LogP contribution < -0.4 is 0 Å². The number of hydrogen-bond acceptors (Lipinski definition) is 0. The van der Waals surface area contributed by atoms with Crippen LogP contribution in [-0.2, 0) is 0 Å². The van der Waals surface area contributed by atoms with E-state index < -0.39 is 0 Å². The van der Waals surface area contributed by atoms with Crippen LogP contribution in [0.15, 0.2) is 75.9 Å². The van der Waals surface area contributed by atoms with E-state index in [0.717, 1.165) is 25.7 Å². The van der Waals surface area contributed by atoms with Crippen molar-refractivity contribution in [3.63, 3.8) is 0 Å². The van der Waals surface area contributed by atoms with Gasteiger partial charge in [-0.15, -0.1) is 39.5 Å². The van der Waals surface area contributed by atoms with Crippen molar-refractivity contribution in [1.82, 2.24) is 0 Å². The maximum absolute atomic E-state index is 4.05. The van der Waals surface area contributed by atoms with Gasteiger partial charge in [-0.25, -0.2) is 0 Å². The third kappa shape index (κ3) is 6.35. The molecule has 0 aliphatic heterocycles. The van der Waals surface area contributed by atoms with E-state index in [1.165, 1.54) is 0 Å². The minimum Gasteiger partial charge on any atom is -0.103 e. The molecule has 107 valence electrons. The molecule has 0 aromatic heterocycles. The van der Waals surface area contributed by atoms with Crippen molar-refractivity contribution in [1.29, 1.82) is 0 Å². The minimum atomic E-state index is 0. The molecule has 0 rings (SSSR count). The van der Waals surface area contributed by atoms with Crippen LogP contribution >= 0.6 is 0 Å². The Kier molecular flexibility index (Phi) is 12.3. The second kappa shape index (κ2) is 11.3. The van der Waals surface area contributed by atoms with Gasteiger partial charge in [-0.2, -0.15) is 0 Å². The maximum atomic E-state index is 4.05. The van der Waals surface area contributed by atoms with Gasteiger partial charge in [0.05, 0.1) is 9.52 Å². The molecule has 0 fully saturated rings. The number of hydrogen-bond donors (Lipinski definition) is 0.